The lowest BCUT2D eigenvalue weighted by atomic mass is 10.1. The van der Waals surface area contributed by atoms with Crippen molar-refractivity contribution in [2.75, 3.05) is 0 Å². The Hall–Kier alpha value is -2.39. The molecule has 3 heteroatoms. The van der Waals surface area contributed by atoms with Crippen LogP contribution in [0.2, 0.25) is 0 Å². The third-order valence-electron chi connectivity index (χ3n) is 3.31. The second-order valence-corrected chi connectivity index (χ2v) is 5.25. The van der Waals surface area contributed by atoms with Gasteiger partial charge in [0, 0.05) is 17.6 Å². The Balaban J connectivity index is 1.85. The highest BCUT2D eigenvalue weighted by atomic mass is 16.5. The van der Waals surface area contributed by atoms with Crippen LogP contribution < -0.4 is 10.5 Å². The van der Waals surface area contributed by atoms with Crippen molar-refractivity contribution in [3.8, 4) is 11.5 Å². The Bertz CT molecular complexity index is 730. The zero-order chi connectivity index (χ0) is 14.7. The van der Waals surface area contributed by atoms with Crippen molar-refractivity contribution in [2.45, 2.75) is 19.4 Å². The summed E-state index contributed by atoms with van der Waals surface area (Å²) in [6.07, 6.45) is 2.66. The van der Waals surface area contributed by atoms with Gasteiger partial charge in [0.1, 0.15) is 11.5 Å². The molecule has 3 nitrogen and oxygen atoms in total. The number of aromatic nitrogens is 1. The predicted octanol–water partition coefficient (Wildman–Crippen LogP) is 3.92. The van der Waals surface area contributed by atoms with Gasteiger partial charge in [0.15, 0.2) is 0 Å². The normalized spacial score (nSPS) is 12.3. The van der Waals surface area contributed by atoms with Gasteiger partial charge in [-0.15, -0.1) is 0 Å². The van der Waals surface area contributed by atoms with Gasteiger partial charge in [-0.05, 0) is 55.3 Å². The van der Waals surface area contributed by atoms with Crippen LogP contribution in [0.5, 0.6) is 11.5 Å². The highest BCUT2D eigenvalue weighted by molar-refractivity contribution is 5.85. The largest absolute Gasteiger partial charge is 0.457 e. The maximum Gasteiger partial charge on any atom is 0.136 e. The van der Waals surface area contributed by atoms with E-state index in [1.165, 1.54) is 5.56 Å². The molecule has 0 bridgehead atoms. The van der Waals surface area contributed by atoms with E-state index < -0.39 is 0 Å². The number of pyridine rings is 1. The van der Waals surface area contributed by atoms with Gasteiger partial charge in [-0.2, -0.15) is 0 Å². The van der Waals surface area contributed by atoms with Gasteiger partial charge in [0.2, 0.25) is 0 Å². The lowest BCUT2D eigenvalue weighted by molar-refractivity contribution is 0.488. The maximum absolute atomic E-state index is 5.98. The van der Waals surface area contributed by atoms with Crippen LogP contribution in [0.1, 0.15) is 12.5 Å². The highest BCUT2D eigenvalue weighted by Crippen LogP contribution is 2.28. The number of nitrogens with two attached hydrogens (primary N) is 1. The Morgan fingerprint density at radius 2 is 1.86 bits per heavy atom. The van der Waals surface area contributed by atoms with Crippen molar-refractivity contribution in [3.05, 3.63) is 66.4 Å². The number of fused-ring (bicyclic) bond motifs is 1. The third kappa shape index (κ3) is 3.20. The van der Waals surface area contributed by atoms with E-state index in [4.69, 9.17) is 10.5 Å². The molecule has 0 radical (unpaired) electrons. The van der Waals surface area contributed by atoms with E-state index in [-0.39, 0.29) is 6.04 Å². The van der Waals surface area contributed by atoms with Crippen LogP contribution in [0.4, 0.5) is 0 Å². The minimum Gasteiger partial charge on any atom is -0.457 e. The fraction of sp³-hybridized carbons (Fsp3) is 0.167. The molecule has 0 amide bonds. The molecule has 3 aromatic rings. The van der Waals surface area contributed by atoms with Crippen LogP contribution in [-0.2, 0) is 6.42 Å². The molecule has 1 atom stereocenters. The van der Waals surface area contributed by atoms with Crippen molar-refractivity contribution in [1.82, 2.24) is 4.98 Å². The summed E-state index contributed by atoms with van der Waals surface area (Å²) in [6.45, 7) is 2.01. The number of benzene rings is 2. The monoisotopic (exact) mass is 278 g/mol. The third-order valence-corrected chi connectivity index (χ3v) is 3.31. The first-order valence-electron chi connectivity index (χ1n) is 7.08. The zero-order valence-electron chi connectivity index (χ0n) is 12.0. The Kier molecular flexibility index (Phi) is 3.84. The summed E-state index contributed by atoms with van der Waals surface area (Å²) in [5.74, 6) is 1.64. The molecule has 21 heavy (non-hydrogen) atoms. The summed E-state index contributed by atoms with van der Waals surface area (Å²) in [4.78, 5) is 4.34. The van der Waals surface area contributed by atoms with Crippen LogP contribution in [0.3, 0.4) is 0 Å². The Morgan fingerprint density at radius 3 is 2.62 bits per heavy atom. The zero-order valence-corrected chi connectivity index (χ0v) is 12.0. The minimum atomic E-state index is 0.168. The highest BCUT2D eigenvalue weighted by Gasteiger charge is 2.04. The first kappa shape index (κ1) is 13.6. The minimum absolute atomic E-state index is 0.168. The van der Waals surface area contributed by atoms with Gasteiger partial charge >= 0.3 is 0 Å². The van der Waals surface area contributed by atoms with E-state index in [0.29, 0.717) is 0 Å². The number of rotatable bonds is 4. The predicted molar refractivity (Wildman–Crippen MR) is 85.6 cm³/mol. The average Bonchev–Trinajstić information content (AvgIpc) is 2.49. The van der Waals surface area contributed by atoms with Crippen molar-refractivity contribution >= 4 is 10.9 Å². The molecule has 0 fully saturated rings. The Labute approximate surface area is 124 Å². The fourth-order valence-corrected chi connectivity index (χ4v) is 2.36. The average molecular weight is 278 g/mol. The topological polar surface area (TPSA) is 48.1 Å². The van der Waals surface area contributed by atoms with Gasteiger partial charge in [-0.3, -0.25) is 4.98 Å². The first-order chi connectivity index (χ1) is 10.2. The summed E-state index contributed by atoms with van der Waals surface area (Å²) < 4.78 is 5.98. The molecule has 0 aliphatic carbocycles. The van der Waals surface area contributed by atoms with Crippen molar-refractivity contribution in [1.29, 1.82) is 0 Å². The van der Waals surface area contributed by atoms with Gasteiger partial charge < -0.3 is 10.5 Å². The van der Waals surface area contributed by atoms with E-state index in [1.807, 2.05) is 49.4 Å². The fourth-order valence-electron chi connectivity index (χ4n) is 2.36. The van der Waals surface area contributed by atoms with Crippen LogP contribution in [0.25, 0.3) is 10.9 Å². The van der Waals surface area contributed by atoms with Crippen LogP contribution in [0.15, 0.2) is 60.8 Å². The SMILES string of the molecule is CC(N)Cc1ccc(Oc2cccc3ncccc23)cc1. The molecule has 2 aromatic carbocycles. The summed E-state index contributed by atoms with van der Waals surface area (Å²) in [5.41, 5.74) is 7.96. The number of hydrogen-bond acceptors (Lipinski definition) is 3. The number of nitrogens with zero attached hydrogens (tertiary/aromatic N) is 1. The summed E-state index contributed by atoms with van der Waals surface area (Å²) in [6, 6.07) is 18.1. The molecule has 106 valence electrons. The number of hydrogen-bond donors (Lipinski definition) is 1. The van der Waals surface area contributed by atoms with Gasteiger partial charge in [0.25, 0.3) is 0 Å². The van der Waals surface area contributed by atoms with Gasteiger partial charge in [-0.1, -0.05) is 18.2 Å². The van der Waals surface area contributed by atoms with Crippen molar-refractivity contribution in [3.63, 3.8) is 0 Å². The van der Waals surface area contributed by atoms with Crippen molar-refractivity contribution in [2.24, 2.45) is 5.73 Å². The Morgan fingerprint density at radius 1 is 1.05 bits per heavy atom. The molecule has 0 saturated carbocycles. The maximum atomic E-state index is 5.98. The van der Waals surface area contributed by atoms with Gasteiger partial charge in [-0.25, -0.2) is 0 Å². The molecule has 1 unspecified atom stereocenters. The van der Waals surface area contributed by atoms with Crippen LogP contribution in [0, 0.1) is 0 Å². The summed E-state index contributed by atoms with van der Waals surface area (Å²) in [5, 5.41) is 1.01. The van der Waals surface area contributed by atoms with E-state index >= 15 is 0 Å². The molecule has 3 rings (SSSR count). The van der Waals surface area contributed by atoms with E-state index in [0.717, 1.165) is 28.8 Å². The lowest BCUT2D eigenvalue weighted by Crippen LogP contribution is -2.17. The molecular formula is C18H18N2O. The van der Waals surface area contributed by atoms with Crippen LogP contribution >= 0.6 is 0 Å². The number of ether oxygens (including phenoxy) is 1. The van der Waals surface area contributed by atoms with Crippen molar-refractivity contribution < 1.29 is 4.74 Å². The van der Waals surface area contributed by atoms with E-state index in [2.05, 4.69) is 17.1 Å². The molecule has 2 N–H and O–H groups in total. The molecule has 0 saturated heterocycles. The summed E-state index contributed by atoms with van der Waals surface area (Å²) >= 11 is 0. The quantitative estimate of drug-likeness (QED) is 0.787. The van der Waals surface area contributed by atoms with E-state index in [9.17, 15) is 0 Å². The molecule has 0 spiro atoms. The molecule has 1 aromatic heterocycles. The lowest BCUT2D eigenvalue weighted by Gasteiger charge is -2.10. The van der Waals surface area contributed by atoms with Crippen LogP contribution in [-0.4, -0.2) is 11.0 Å². The smallest absolute Gasteiger partial charge is 0.136 e. The van der Waals surface area contributed by atoms with Gasteiger partial charge in [0.05, 0.1) is 5.52 Å². The van der Waals surface area contributed by atoms with E-state index in [1.54, 1.807) is 6.20 Å². The standard InChI is InChI=1S/C18H18N2O/c1-13(19)12-14-7-9-15(10-8-14)21-18-6-2-5-17-16(18)4-3-11-20-17/h2-11,13H,12,19H2,1H3. The molecule has 1 heterocycles. The first-order valence-corrected chi connectivity index (χ1v) is 7.08. The second kappa shape index (κ2) is 5.94. The second-order valence-electron chi connectivity index (χ2n) is 5.25. The summed E-state index contributed by atoms with van der Waals surface area (Å²) in [7, 11) is 0. The molecular weight excluding hydrogens is 260 g/mol. The molecule has 0 aliphatic rings. The molecule has 0 aliphatic heterocycles.